The van der Waals surface area contributed by atoms with E-state index < -0.39 is 81.9 Å². The molecule has 2 nitrogen and oxygen atoms in total. The molecule has 0 aromatic heterocycles. The molecule has 0 atom stereocenters. The summed E-state index contributed by atoms with van der Waals surface area (Å²) in [7, 11) is 0. The van der Waals surface area contributed by atoms with Crippen LogP contribution in [0.1, 0.15) is 6.92 Å². The Morgan fingerprint density at radius 2 is 0.778 bits per heavy atom. The fraction of sp³-hybridized carbons (Fsp3) is 0.0714. The first-order valence-electron chi connectivity index (χ1n) is 6.66. The van der Waals surface area contributed by atoms with Crippen LogP contribution in [0.5, 0.6) is 0 Å². The van der Waals surface area contributed by atoms with Crippen molar-refractivity contribution >= 4 is 23.7 Å². The molecule has 1 N–H and O–H groups in total. The van der Waals surface area contributed by atoms with Gasteiger partial charge in [-0.3, -0.25) is 5.41 Å². The molecule has 144 valence electrons. The summed E-state index contributed by atoms with van der Waals surface area (Å²) in [5, 5.41) is 7.07. The molecule has 2 rings (SSSR count). The van der Waals surface area contributed by atoms with E-state index in [1.165, 1.54) is 0 Å². The van der Waals surface area contributed by atoms with Crippen LogP contribution in [0.2, 0.25) is 0 Å². The van der Waals surface area contributed by atoms with Crippen LogP contribution in [0.4, 0.5) is 43.9 Å². The average Bonchev–Trinajstić information content (AvgIpc) is 2.61. The molecule has 0 spiro atoms. The van der Waals surface area contributed by atoms with Crippen LogP contribution < -0.4 is 10.9 Å². The smallest absolute Gasteiger partial charge is 0.439 e. The van der Waals surface area contributed by atoms with Crippen LogP contribution in [0.15, 0.2) is 0 Å². The highest BCUT2D eigenvalue weighted by atomic mass is 19.2. The van der Waals surface area contributed by atoms with Crippen LogP contribution in [0, 0.1) is 63.6 Å². The summed E-state index contributed by atoms with van der Waals surface area (Å²) in [6.45, 7) is -2.33. The van der Waals surface area contributed by atoms with E-state index in [-0.39, 0.29) is 0 Å². The molecular weight excluding hydrogens is 399 g/mol. The Kier molecular flexibility index (Phi) is 5.43. The van der Waals surface area contributed by atoms with Crippen molar-refractivity contribution < 1.29 is 48.6 Å². The van der Waals surface area contributed by atoms with Crippen LogP contribution in [-0.2, 0) is 4.65 Å². The molecule has 0 aliphatic heterocycles. The van der Waals surface area contributed by atoms with Gasteiger partial charge in [0.15, 0.2) is 64.1 Å². The third kappa shape index (κ3) is 3.21. The zero-order chi connectivity index (χ0) is 20.8. The van der Waals surface area contributed by atoms with Gasteiger partial charge in [0, 0.05) is 17.8 Å². The van der Waals surface area contributed by atoms with Gasteiger partial charge in [-0.2, -0.15) is 0 Å². The van der Waals surface area contributed by atoms with Gasteiger partial charge < -0.3 is 4.65 Å². The second-order valence-electron chi connectivity index (χ2n) is 5.02. The van der Waals surface area contributed by atoms with Gasteiger partial charge >= 0.3 is 6.92 Å². The third-order valence-corrected chi connectivity index (χ3v) is 3.31. The lowest BCUT2D eigenvalue weighted by molar-refractivity contribution is 0.379. The lowest BCUT2D eigenvalue weighted by atomic mass is 9.54. The monoisotopic (exact) mass is 403 g/mol. The lowest BCUT2D eigenvalue weighted by Gasteiger charge is -2.19. The maximum absolute atomic E-state index is 14.0. The third-order valence-electron chi connectivity index (χ3n) is 3.31. The van der Waals surface area contributed by atoms with E-state index in [2.05, 4.69) is 4.65 Å². The number of nitrogens with one attached hydrogen (secondary N) is 1. The van der Waals surface area contributed by atoms with E-state index in [9.17, 15) is 43.9 Å². The average molecular weight is 403 g/mol. The molecule has 0 heterocycles. The molecule has 0 aliphatic rings. The van der Waals surface area contributed by atoms with Crippen molar-refractivity contribution in [2.75, 3.05) is 0 Å². The molecule has 13 heteroatoms. The summed E-state index contributed by atoms with van der Waals surface area (Å²) >= 11 is 0. The van der Waals surface area contributed by atoms with Gasteiger partial charge in [0.05, 0.1) is 0 Å². The fourth-order valence-electron chi connectivity index (χ4n) is 2.14. The van der Waals surface area contributed by atoms with Crippen LogP contribution in [-0.4, -0.2) is 12.8 Å². The summed E-state index contributed by atoms with van der Waals surface area (Å²) in [6.07, 6.45) is 0. The van der Waals surface area contributed by atoms with Crippen molar-refractivity contribution in [1.29, 1.82) is 5.41 Å². The summed E-state index contributed by atoms with van der Waals surface area (Å²) in [5.74, 6) is -27.1. The summed E-state index contributed by atoms with van der Waals surface area (Å²) in [5.41, 5.74) is -4.08. The number of hydrogen-bond acceptors (Lipinski definition) is 2. The summed E-state index contributed by atoms with van der Waals surface area (Å²) in [4.78, 5) is 0. The second-order valence-corrected chi connectivity index (χ2v) is 5.02. The quantitative estimate of drug-likeness (QED) is 0.210. The maximum Gasteiger partial charge on any atom is 0.439 e. The minimum Gasteiger partial charge on any atom is -0.541 e. The van der Waals surface area contributed by atoms with Gasteiger partial charge in [-0.25, -0.2) is 43.9 Å². The van der Waals surface area contributed by atoms with E-state index in [4.69, 9.17) is 5.41 Å². The van der Waals surface area contributed by atoms with Gasteiger partial charge in [0.1, 0.15) is 0 Å². The Balaban J connectivity index is 2.96. The largest absolute Gasteiger partial charge is 0.541 e. The first kappa shape index (κ1) is 20.6. The Hall–Kier alpha value is -2.73. The zero-order valence-electron chi connectivity index (χ0n) is 12.8. The highest BCUT2D eigenvalue weighted by molar-refractivity contribution is 6.81. The van der Waals surface area contributed by atoms with Crippen molar-refractivity contribution in [3.63, 3.8) is 0 Å². The van der Waals surface area contributed by atoms with Crippen molar-refractivity contribution in [3.05, 3.63) is 58.2 Å². The Morgan fingerprint density at radius 1 is 0.556 bits per heavy atom. The molecule has 0 amide bonds. The zero-order valence-corrected chi connectivity index (χ0v) is 12.8. The number of halogens is 10. The van der Waals surface area contributed by atoms with E-state index in [1.807, 2.05) is 0 Å². The highest BCUT2D eigenvalue weighted by Gasteiger charge is 2.42. The number of hydrogen-bond donors (Lipinski definition) is 1. The maximum atomic E-state index is 14.0. The molecule has 0 saturated carbocycles. The molecule has 0 aliphatic carbocycles. The molecule has 0 unspecified atom stereocenters. The predicted molar refractivity (Wildman–Crippen MR) is 72.0 cm³/mol. The predicted octanol–water partition coefficient (Wildman–Crippen LogP) is 3.20. The normalized spacial score (nSPS) is 10.9. The molecular formula is C14H4BF10NO. The standard InChI is InChI=1S/C14H4BF10NO/c1-2(26)27-15(3-5(16)9(20)13(24)10(21)6(3)17)4-7(18)11(22)14(25)12(23)8(4)19/h26H,1H3. The topological polar surface area (TPSA) is 33.1 Å². The SMILES string of the molecule is CC(=N)OB(c1c(F)c(F)c(F)c(F)c1F)c1c(F)c(F)c(F)c(F)c1F. The molecule has 27 heavy (non-hydrogen) atoms. The highest BCUT2D eigenvalue weighted by Crippen LogP contribution is 2.20. The van der Waals surface area contributed by atoms with Crippen molar-refractivity contribution in [2.24, 2.45) is 0 Å². The Bertz CT molecular complexity index is 836. The first-order valence-corrected chi connectivity index (χ1v) is 6.66. The minimum atomic E-state index is -3.04. The van der Waals surface area contributed by atoms with Crippen molar-refractivity contribution in [3.8, 4) is 0 Å². The van der Waals surface area contributed by atoms with Gasteiger partial charge in [0.2, 0.25) is 0 Å². The number of rotatable bonds is 3. The Morgan fingerprint density at radius 3 is 1.00 bits per heavy atom. The van der Waals surface area contributed by atoms with Gasteiger partial charge in [0.25, 0.3) is 0 Å². The fourth-order valence-corrected chi connectivity index (χ4v) is 2.14. The molecule has 2 aromatic carbocycles. The van der Waals surface area contributed by atoms with E-state index in [0.29, 0.717) is 6.92 Å². The summed E-state index contributed by atoms with van der Waals surface area (Å²) < 4.78 is 140. The molecule has 0 bridgehead atoms. The minimum absolute atomic E-state index is 0.713. The summed E-state index contributed by atoms with van der Waals surface area (Å²) in [6, 6.07) is 0. The van der Waals surface area contributed by atoms with E-state index in [1.54, 1.807) is 0 Å². The van der Waals surface area contributed by atoms with Crippen LogP contribution in [0.25, 0.3) is 0 Å². The van der Waals surface area contributed by atoms with Crippen LogP contribution >= 0.6 is 0 Å². The van der Waals surface area contributed by atoms with Crippen molar-refractivity contribution in [1.82, 2.24) is 0 Å². The Labute approximate surface area is 144 Å². The molecule has 2 aromatic rings. The second kappa shape index (κ2) is 7.12. The molecule has 0 radical (unpaired) electrons. The number of benzene rings is 2. The first-order chi connectivity index (χ1) is 12.4. The lowest BCUT2D eigenvalue weighted by Crippen LogP contribution is -2.53. The van der Waals surface area contributed by atoms with Crippen molar-refractivity contribution in [2.45, 2.75) is 6.92 Å². The van der Waals surface area contributed by atoms with Gasteiger partial charge in [-0.1, -0.05) is 0 Å². The van der Waals surface area contributed by atoms with Gasteiger partial charge in [-0.05, 0) is 0 Å². The van der Waals surface area contributed by atoms with Gasteiger partial charge in [-0.15, -0.1) is 0 Å². The molecule has 0 saturated heterocycles. The molecule has 0 fully saturated rings. The van der Waals surface area contributed by atoms with Crippen LogP contribution in [0.3, 0.4) is 0 Å². The van der Waals surface area contributed by atoms with E-state index in [0.717, 1.165) is 0 Å². The van der Waals surface area contributed by atoms with E-state index >= 15 is 0 Å².